The summed E-state index contributed by atoms with van der Waals surface area (Å²) in [6.07, 6.45) is 1.16. The Hall–Kier alpha value is -2.01. The molecule has 2 rings (SSSR count). The minimum absolute atomic E-state index is 0.164. The SMILES string of the molecule is COc1cc(OC)cc(OCCCC(=O)c2cccs2)c1. The number of hydrogen-bond acceptors (Lipinski definition) is 5. The van der Waals surface area contributed by atoms with Gasteiger partial charge in [-0.2, -0.15) is 0 Å². The number of carbonyl (C=O) groups is 1. The Morgan fingerprint density at radius 2 is 1.76 bits per heavy atom. The van der Waals surface area contributed by atoms with Crippen molar-refractivity contribution in [1.29, 1.82) is 0 Å². The van der Waals surface area contributed by atoms with Crippen LogP contribution in [0.2, 0.25) is 0 Å². The fourth-order valence-corrected chi connectivity index (χ4v) is 2.54. The number of ether oxygens (including phenoxy) is 3. The third-order valence-corrected chi connectivity index (χ3v) is 3.85. The molecular weight excluding hydrogens is 288 g/mol. The van der Waals surface area contributed by atoms with Gasteiger partial charge in [-0.1, -0.05) is 6.07 Å². The van der Waals surface area contributed by atoms with Gasteiger partial charge in [-0.3, -0.25) is 4.79 Å². The first kappa shape index (κ1) is 15.4. The Morgan fingerprint density at radius 1 is 1.10 bits per heavy atom. The van der Waals surface area contributed by atoms with Gasteiger partial charge in [0.2, 0.25) is 0 Å². The second-order valence-electron chi connectivity index (χ2n) is 4.40. The van der Waals surface area contributed by atoms with Crippen molar-refractivity contribution < 1.29 is 19.0 Å². The van der Waals surface area contributed by atoms with Gasteiger partial charge < -0.3 is 14.2 Å². The molecule has 0 radical (unpaired) electrons. The first-order chi connectivity index (χ1) is 10.2. The molecule has 0 spiro atoms. The van der Waals surface area contributed by atoms with E-state index in [9.17, 15) is 4.79 Å². The van der Waals surface area contributed by atoms with E-state index < -0.39 is 0 Å². The van der Waals surface area contributed by atoms with Gasteiger partial charge in [-0.25, -0.2) is 0 Å². The summed E-state index contributed by atoms with van der Waals surface area (Å²) in [6.45, 7) is 0.480. The van der Waals surface area contributed by atoms with Gasteiger partial charge in [0.05, 0.1) is 25.7 Å². The summed E-state index contributed by atoms with van der Waals surface area (Å²) in [5.41, 5.74) is 0. The summed E-state index contributed by atoms with van der Waals surface area (Å²) in [4.78, 5) is 12.6. The van der Waals surface area contributed by atoms with Gasteiger partial charge in [-0.05, 0) is 17.9 Å². The minimum Gasteiger partial charge on any atom is -0.496 e. The van der Waals surface area contributed by atoms with Crippen LogP contribution in [0.5, 0.6) is 17.2 Å². The number of methoxy groups -OCH3 is 2. The molecule has 0 unspecified atom stereocenters. The lowest BCUT2D eigenvalue weighted by molar-refractivity contribution is 0.0977. The van der Waals surface area contributed by atoms with Crippen LogP contribution in [0.25, 0.3) is 0 Å². The lowest BCUT2D eigenvalue weighted by atomic mass is 10.2. The zero-order valence-corrected chi connectivity index (χ0v) is 12.9. The molecule has 1 heterocycles. The molecule has 0 fully saturated rings. The van der Waals surface area contributed by atoms with Crippen molar-refractivity contribution in [2.45, 2.75) is 12.8 Å². The maximum absolute atomic E-state index is 11.8. The van der Waals surface area contributed by atoms with E-state index in [0.29, 0.717) is 36.7 Å². The second kappa shape index (κ2) is 7.69. The molecule has 112 valence electrons. The average molecular weight is 306 g/mol. The molecule has 4 nitrogen and oxygen atoms in total. The van der Waals surface area contributed by atoms with E-state index in [1.165, 1.54) is 11.3 Å². The number of carbonyl (C=O) groups excluding carboxylic acids is 1. The van der Waals surface area contributed by atoms with E-state index in [4.69, 9.17) is 14.2 Å². The molecule has 0 saturated heterocycles. The number of hydrogen-bond donors (Lipinski definition) is 0. The zero-order chi connectivity index (χ0) is 15.1. The first-order valence-electron chi connectivity index (χ1n) is 6.65. The van der Waals surface area contributed by atoms with Gasteiger partial charge in [0, 0.05) is 24.6 Å². The summed E-state index contributed by atoms with van der Waals surface area (Å²) in [5.74, 6) is 2.20. The first-order valence-corrected chi connectivity index (χ1v) is 7.53. The van der Waals surface area contributed by atoms with Crippen LogP contribution in [-0.4, -0.2) is 26.6 Å². The zero-order valence-electron chi connectivity index (χ0n) is 12.1. The van der Waals surface area contributed by atoms with Crippen molar-refractivity contribution in [2.75, 3.05) is 20.8 Å². The number of Topliss-reactive ketones (excluding diaryl/α,β-unsaturated/α-hetero) is 1. The molecule has 1 aromatic carbocycles. The Morgan fingerprint density at radius 3 is 2.33 bits per heavy atom. The van der Waals surface area contributed by atoms with E-state index in [2.05, 4.69) is 0 Å². The van der Waals surface area contributed by atoms with E-state index in [0.717, 1.165) is 4.88 Å². The Labute approximate surface area is 128 Å². The van der Waals surface area contributed by atoms with Gasteiger partial charge in [-0.15, -0.1) is 11.3 Å². The molecule has 5 heteroatoms. The van der Waals surface area contributed by atoms with Crippen LogP contribution in [0.15, 0.2) is 35.7 Å². The molecule has 0 saturated carbocycles. The summed E-state index contributed by atoms with van der Waals surface area (Å²) < 4.78 is 16.0. The van der Waals surface area contributed by atoms with E-state index in [-0.39, 0.29) is 5.78 Å². The van der Waals surface area contributed by atoms with Gasteiger partial charge >= 0.3 is 0 Å². The number of thiophene rings is 1. The molecule has 2 aromatic rings. The molecule has 0 N–H and O–H groups in total. The van der Waals surface area contributed by atoms with Gasteiger partial charge in [0.15, 0.2) is 5.78 Å². The van der Waals surface area contributed by atoms with Crippen LogP contribution in [-0.2, 0) is 0 Å². The van der Waals surface area contributed by atoms with E-state index >= 15 is 0 Å². The van der Waals surface area contributed by atoms with Crippen molar-refractivity contribution in [2.24, 2.45) is 0 Å². The maximum atomic E-state index is 11.8. The number of ketones is 1. The highest BCUT2D eigenvalue weighted by Gasteiger charge is 2.07. The number of rotatable bonds is 8. The molecule has 0 aliphatic heterocycles. The molecule has 21 heavy (non-hydrogen) atoms. The molecule has 0 aliphatic rings. The highest BCUT2D eigenvalue weighted by Crippen LogP contribution is 2.27. The van der Waals surface area contributed by atoms with Crippen molar-refractivity contribution in [1.82, 2.24) is 0 Å². The van der Waals surface area contributed by atoms with Crippen LogP contribution >= 0.6 is 11.3 Å². The fraction of sp³-hybridized carbons (Fsp3) is 0.312. The quantitative estimate of drug-likeness (QED) is 0.549. The van der Waals surface area contributed by atoms with Crippen molar-refractivity contribution in [3.63, 3.8) is 0 Å². The third kappa shape index (κ3) is 4.49. The lowest BCUT2D eigenvalue weighted by Gasteiger charge is -2.10. The molecule has 0 amide bonds. The predicted molar refractivity (Wildman–Crippen MR) is 82.9 cm³/mol. The molecule has 0 atom stereocenters. The smallest absolute Gasteiger partial charge is 0.172 e. The predicted octanol–water partition coefficient (Wildman–Crippen LogP) is 3.81. The highest BCUT2D eigenvalue weighted by atomic mass is 32.1. The van der Waals surface area contributed by atoms with Crippen molar-refractivity contribution in [3.8, 4) is 17.2 Å². The minimum atomic E-state index is 0.164. The van der Waals surface area contributed by atoms with Gasteiger partial charge in [0.1, 0.15) is 17.2 Å². The van der Waals surface area contributed by atoms with Gasteiger partial charge in [0.25, 0.3) is 0 Å². The molecular formula is C16H18O4S. The van der Waals surface area contributed by atoms with Crippen LogP contribution in [0.1, 0.15) is 22.5 Å². The lowest BCUT2D eigenvalue weighted by Crippen LogP contribution is -2.03. The Balaban J connectivity index is 1.82. The largest absolute Gasteiger partial charge is 0.496 e. The fourth-order valence-electron chi connectivity index (χ4n) is 1.85. The monoisotopic (exact) mass is 306 g/mol. The maximum Gasteiger partial charge on any atom is 0.172 e. The van der Waals surface area contributed by atoms with Crippen LogP contribution in [0.4, 0.5) is 0 Å². The second-order valence-corrected chi connectivity index (χ2v) is 5.35. The van der Waals surface area contributed by atoms with Crippen molar-refractivity contribution >= 4 is 17.1 Å². The molecule has 0 aliphatic carbocycles. The Bertz CT molecular complexity index is 556. The van der Waals surface area contributed by atoms with Crippen molar-refractivity contribution in [3.05, 3.63) is 40.6 Å². The van der Waals surface area contributed by atoms with Crippen LogP contribution in [0, 0.1) is 0 Å². The third-order valence-electron chi connectivity index (χ3n) is 2.94. The summed E-state index contributed by atoms with van der Waals surface area (Å²) in [5, 5.41) is 1.91. The van der Waals surface area contributed by atoms with E-state index in [1.807, 2.05) is 17.5 Å². The molecule has 0 bridgehead atoms. The summed E-state index contributed by atoms with van der Waals surface area (Å²) >= 11 is 1.47. The Kier molecular flexibility index (Phi) is 5.63. The molecule has 1 aromatic heterocycles. The summed E-state index contributed by atoms with van der Waals surface area (Å²) in [7, 11) is 3.19. The average Bonchev–Trinajstić information content (AvgIpc) is 3.05. The van der Waals surface area contributed by atoms with Crippen LogP contribution < -0.4 is 14.2 Å². The van der Waals surface area contributed by atoms with E-state index in [1.54, 1.807) is 32.4 Å². The number of benzene rings is 1. The summed E-state index contributed by atoms with van der Waals surface area (Å²) in [6, 6.07) is 9.11. The van der Waals surface area contributed by atoms with Crippen LogP contribution in [0.3, 0.4) is 0 Å². The normalized spacial score (nSPS) is 10.2. The highest BCUT2D eigenvalue weighted by molar-refractivity contribution is 7.12. The topological polar surface area (TPSA) is 44.8 Å². The standard InChI is InChI=1S/C16H18O4S/c1-18-12-9-13(19-2)11-14(10-12)20-7-3-5-15(17)16-6-4-8-21-16/h4,6,8-11H,3,5,7H2,1-2H3.